The Labute approximate surface area is 151 Å². The minimum atomic E-state index is -0.0888. The summed E-state index contributed by atoms with van der Waals surface area (Å²) in [5.41, 5.74) is 4.56. The molecule has 0 aliphatic heterocycles. The number of fused-ring (bicyclic) bond motifs is 1. The molecule has 26 heavy (non-hydrogen) atoms. The molecule has 4 rings (SSSR count). The van der Waals surface area contributed by atoms with E-state index in [2.05, 4.69) is 5.10 Å². The van der Waals surface area contributed by atoms with E-state index in [9.17, 15) is 4.79 Å². The monoisotopic (exact) mass is 344 g/mol. The maximum atomic E-state index is 13.2. The number of aromatic nitrogens is 4. The first kappa shape index (κ1) is 16.3. The Hall–Kier alpha value is -3.21. The van der Waals surface area contributed by atoms with Crippen LogP contribution in [0.15, 0.2) is 59.5 Å². The number of aryl methyl sites for hydroxylation is 3. The Kier molecular flexibility index (Phi) is 3.92. The van der Waals surface area contributed by atoms with E-state index in [0.29, 0.717) is 17.5 Å². The Bertz CT molecular complexity index is 1140. The second kappa shape index (κ2) is 6.26. The summed E-state index contributed by atoms with van der Waals surface area (Å²) in [6, 6.07) is 15.9. The lowest BCUT2D eigenvalue weighted by atomic mass is 10.2. The van der Waals surface area contributed by atoms with Crippen molar-refractivity contribution in [3.8, 4) is 11.4 Å². The maximum absolute atomic E-state index is 13.2. The van der Waals surface area contributed by atoms with Crippen molar-refractivity contribution in [3.63, 3.8) is 0 Å². The third kappa shape index (κ3) is 2.62. The molecule has 0 bridgehead atoms. The van der Waals surface area contributed by atoms with Gasteiger partial charge in [0.05, 0.1) is 17.6 Å². The molecule has 0 aliphatic carbocycles. The summed E-state index contributed by atoms with van der Waals surface area (Å²) in [5.74, 6) is 0.722. The van der Waals surface area contributed by atoms with Gasteiger partial charge in [-0.1, -0.05) is 42.3 Å². The molecule has 2 aromatic heterocycles. The highest BCUT2D eigenvalue weighted by Crippen LogP contribution is 2.18. The summed E-state index contributed by atoms with van der Waals surface area (Å²) in [5, 5.41) is 4.94. The van der Waals surface area contributed by atoms with Gasteiger partial charge in [-0.15, -0.1) is 0 Å². The summed E-state index contributed by atoms with van der Waals surface area (Å²) in [6.45, 7) is 6.07. The molecule has 0 unspecified atom stereocenters. The lowest BCUT2D eigenvalue weighted by Crippen LogP contribution is -2.23. The Balaban J connectivity index is 1.97. The van der Waals surface area contributed by atoms with Crippen LogP contribution in [-0.4, -0.2) is 19.3 Å². The molecule has 0 amide bonds. The van der Waals surface area contributed by atoms with E-state index in [1.807, 2.05) is 69.3 Å². The third-order valence-corrected chi connectivity index (χ3v) is 4.56. The van der Waals surface area contributed by atoms with Crippen LogP contribution in [0, 0.1) is 13.8 Å². The number of benzene rings is 2. The standard InChI is InChI=1S/C21H20N4O/c1-4-19-23-20-18(13-22-25(20)17-11-7-15(3)8-12-17)21(26)24(19)16-9-5-14(2)6-10-16/h5-13H,4H2,1-3H3. The van der Waals surface area contributed by atoms with Gasteiger partial charge >= 0.3 is 0 Å². The van der Waals surface area contributed by atoms with Crippen molar-refractivity contribution in [2.24, 2.45) is 0 Å². The first-order chi connectivity index (χ1) is 12.6. The van der Waals surface area contributed by atoms with Gasteiger partial charge in [-0.25, -0.2) is 9.67 Å². The molecule has 5 heteroatoms. The molecule has 4 aromatic rings. The topological polar surface area (TPSA) is 52.7 Å². The van der Waals surface area contributed by atoms with Crippen molar-refractivity contribution in [3.05, 3.63) is 82.0 Å². The van der Waals surface area contributed by atoms with Crippen molar-refractivity contribution in [2.45, 2.75) is 27.2 Å². The number of hydrogen-bond acceptors (Lipinski definition) is 3. The van der Waals surface area contributed by atoms with Gasteiger partial charge in [0, 0.05) is 6.42 Å². The van der Waals surface area contributed by atoms with Crippen LogP contribution in [-0.2, 0) is 6.42 Å². The van der Waals surface area contributed by atoms with Crippen LogP contribution in [0.2, 0.25) is 0 Å². The highest BCUT2D eigenvalue weighted by Gasteiger charge is 2.16. The van der Waals surface area contributed by atoms with Gasteiger partial charge < -0.3 is 0 Å². The van der Waals surface area contributed by atoms with Crippen LogP contribution in [0.5, 0.6) is 0 Å². The lowest BCUT2D eigenvalue weighted by molar-refractivity contribution is 0.816. The van der Waals surface area contributed by atoms with Gasteiger partial charge in [0.2, 0.25) is 0 Å². The average Bonchev–Trinajstić information content (AvgIpc) is 3.07. The molecule has 130 valence electrons. The van der Waals surface area contributed by atoms with Crippen LogP contribution in [0.1, 0.15) is 23.9 Å². The second-order valence-corrected chi connectivity index (χ2v) is 6.49. The van der Waals surface area contributed by atoms with Crippen LogP contribution < -0.4 is 5.56 Å². The molecule has 0 saturated heterocycles. The third-order valence-electron chi connectivity index (χ3n) is 4.56. The minimum absolute atomic E-state index is 0.0888. The van der Waals surface area contributed by atoms with E-state index in [1.165, 1.54) is 5.56 Å². The Morgan fingerprint density at radius 3 is 2.04 bits per heavy atom. The largest absolute Gasteiger partial charge is 0.269 e. The molecular formula is C21H20N4O. The molecule has 0 saturated carbocycles. The number of rotatable bonds is 3. The van der Waals surface area contributed by atoms with E-state index < -0.39 is 0 Å². The van der Waals surface area contributed by atoms with E-state index in [1.54, 1.807) is 15.4 Å². The van der Waals surface area contributed by atoms with Crippen LogP contribution in [0.3, 0.4) is 0 Å². The van der Waals surface area contributed by atoms with Crippen LogP contribution >= 0.6 is 0 Å². The fourth-order valence-corrected chi connectivity index (χ4v) is 3.08. The van der Waals surface area contributed by atoms with E-state index in [-0.39, 0.29) is 5.56 Å². The zero-order valence-electron chi connectivity index (χ0n) is 15.1. The molecular weight excluding hydrogens is 324 g/mol. The van der Waals surface area contributed by atoms with E-state index in [4.69, 9.17) is 4.98 Å². The average molecular weight is 344 g/mol. The molecule has 0 aliphatic rings. The molecule has 2 heterocycles. The molecule has 2 aromatic carbocycles. The molecule has 5 nitrogen and oxygen atoms in total. The first-order valence-corrected chi connectivity index (χ1v) is 8.72. The van der Waals surface area contributed by atoms with E-state index in [0.717, 1.165) is 22.8 Å². The smallest absolute Gasteiger partial charge is 0.268 e. The highest BCUT2D eigenvalue weighted by atomic mass is 16.1. The van der Waals surface area contributed by atoms with E-state index >= 15 is 0 Å². The minimum Gasteiger partial charge on any atom is -0.268 e. The summed E-state index contributed by atoms with van der Waals surface area (Å²) in [7, 11) is 0. The van der Waals surface area contributed by atoms with Crippen LogP contribution in [0.25, 0.3) is 22.4 Å². The van der Waals surface area contributed by atoms with Crippen molar-refractivity contribution < 1.29 is 0 Å². The van der Waals surface area contributed by atoms with Gasteiger partial charge in [0.1, 0.15) is 11.2 Å². The number of nitrogens with zero attached hydrogens (tertiary/aromatic N) is 4. The zero-order valence-corrected chi connectivity index (χ0v) is 15.1. The summed E-state index contributed by atoms with van der Waals surface area (Å²) < 4.78 is 3.41. The quantitative estimate of drug-likeness (QED) is 0.569. The fourth-order valence-electron chi connectivity index (χ4n) is 3.08. The number of hydrogen-bond donors (Lipinski definition) is 0. The van der Waals surface area contributed by atoms with Crippen molar-refractivity contribution in [2.75, 3.05) is 0 Å². The Morgan fingerprint density at radius 1 is 0.885 bits per heavy atom. The second-order valence-electron chi connectivity index (χ2n) is 6.49. The fraction of sp³-hybridized carbons (Fsp3) is 0.190. The normalized spacial score (nSPS) is 11.2. The summed E-state index contributed by atoms with van der Waals surface area (Å²) in [6.07, 6.45) is 2.26. The summed E-state index contributed by atoms with van der Waals surface area (Å²) in [4.78, 5) is 17.9. The molecule has 0 atom stereocenters. The van der Waals surface area contributed by atoms with Crippen molar-refractivity contribution in [1.82, 2.24) is 19.3 Å². The molecule has 0 spiro atoms. The zero-order chi connectivity index (χ0) is 18.3. The molecule has 0 N–H and O–H groups in total. The maximum Gasteiger partial charge on any atom is 0.269 e. The first-order valence-electron chi connectivity index (χ1n) is 8.72. The van der Waals surface area contributed by atoms with Gasteiger partial charge in [-0.2, -0.15) is 5.10 Å². The van der Waals surface area contributed by atoms with Crippen molar-refractivity contribution >= 4 is 11.0 Å². The van der Waals surface area contributed by atoms with Crippen LogP contribution in [0.4, 0.5) is 0 Å². The predicted octanol–water partition coefficient (Wildman–Crippen LogP) is 3.75. The summed E-state index contributed by atoms with van der Waals surface area (Å²) >= 11 is 0. The molecule has 0 fully saturated rings. The lowest BCUT2D eigenvalue weighted by Gasteiger charge is -2.12. The predicted molar refractivity (Wildman–Crippen MR) is 103 cm³/mol. The van der Waals surface area contributed by atoms with Gasteiger partial charge in [0.15, 0.2) is 5.65 Å². The van der Waals surface area contributed by atoms with Crippen molar-refractivity contribution in [1.29, 1.82) is 0 Å². The van der Waals surface area contributed by atoms with Gasteiger partial charge in [0.25, 0.3) is 5.56 Å². The SMILES string of the molecule is CCc1nc2c(cnn2-c2ccc(C)cc2)c(=O)n1-c1ccc(C)cc1. The molecule has 0 radical (unpaired) electrons. The highest BCUT2D eigenvalue weighted by molar-refractivity contribution is 5.75. The van der Waals surface area contributed by atoms with Gasteiger partial charge in [-0.05, 0) is 38.1 Å². The van der Waals surface area contributed by atoms with Gasteiger partial charge in [-0.3, -0.25) is 9.36 Å². The Morgan fingerprint density at radius 2 is 1.46 bits per heavy atom.